The molecule has 18 heavy (non-hydrogen) atoms. The lowest BCUT2D eigenvalue weighted by Crippen LogP contribution is -2.15. The molecule has 0 aliphatic rings. The van der Waals surface area contributed by atoms with Crippen LogP contribution in [0, 0.1) is 0 Å². The monoisotopic (exact) mass is 309 g/mol. The van der Waals surface area contributed by atoms with Gasteiger partial charge in [0.25, 0.3) is 0 Å². The van der Waals surface area contributed by atoms with E-state index < -0.39 is 0 Å². The Kier molecular flexibility index (Phi) is 3.68. The minimum Gasteiger partial charge on any atom is -0.436 e. The molecule has 2 aromatic rings. The first-order chi connectivity index (χ1) is 8.69. The number of halogens is 1. The van der Waals surface area contributed by atoms with Gasteiger partial charge < -0.3 is 15.7 Å². The minimum absolute atomic E-state index is 0.113. The van der Waals surface area contributed by atoms with Gasteiger partial charge in [-0.1, -0.05) is 5.16 Å². The molecule has 0 unspecified atom stereocenters. The standard InChI is InChI=1S/C10H8BrN5O2/c11-6-1-7(3-13-2-6)18-9-5-14-8(4-15-9)10(12)16-17/h1-5,17H,(H2,12,16). The zero-order valence-corrected chi connectivity index (χ0v) is 10.6. The summed E-state index contributed by atoms with van der Waals surface area (Å²) in [4.78, 5) is 11.9. The topological polar surface area (TPSA) is 107 Å². The van der Waals surface area contributed by atoms with E-state index in [0.29, 0.717) is 5.75 Å². The molecule has 0 atom stereocenters. The Hall–Kier alpha value is -2.22. The number of nitrogens with two attached hydrogens (primary N) is 1. The van der Waals surface area contributed by atoms with Crippen molar-refractivity contribution in [1.29, 1.82) is 0 Å². The van der Waals surface area contributed by atoms with Crippen LogP contribution in [0.3, 0.4) is 0 Å². The van der Waals surface area contributed by atoms with Gasteiger partial charge in [-0.15, -0.1) is 0 Å². The van der Waals surface area contributed by atoms with Crippen molar-refractivity contribution in [2.75, 3.05) is 0 Å². The number of hydrogen-bond acceptors (Lipinski definition) is 6. The first kappa shape index (κ1) is 12.2. The van der Waals surface area contributed by atoms with Crippen molar-refractivity contribution in [3.63, 3.8) is 0 Å². The van der Waals surface area contributed by atoms with Crippen LogP contribution in [0.2, 0.25) is 0 Å². The number of nitrogens with zero attached hydrogens (tertiary/aromatic N) is 4. The van der Waals surface area contributed by atoms with E-state index in [2.05, 4.69) is 36.0 Å². The molecule has 8 heteroatoms. The molecular formula is C10H8BrN5O2. The van der Waals surface area contributed by atoms with E-state index in [1.807, 2.05) is 0 Å². The third-order valence-corrected chi connectivity index (χ3v) is 2.33. The van der Waals surface area contributed by atoms with E-state index in [-0.39, 0.29) is 17.4 Å². The molecule has 7 nitrogen and oxygen atoms in total. The van der Waals surface area contributed by atoms with Gasteiger partial charge >= 0.3 is 0 Å². The maximum atomic E-state index is 8.47. The number of pyridine rings is 1. The maximum absolute atomic E-state index is 8.47. The molecule has 2 rings (SSSR count). The predicted octanol–water partition coefficient (Wildman–Crippen LogP) is 1.52. The van der Waals surface area contributed by atoms with E-state index in [1.165, 1.54) is 12.4 Å². The van der Waals surface area contributed by atoms with Gasteiger partial charge in [-0.3, -0.25) is 4.98 Å². The van der Waals surface area contributed by atoms with Crippen molar-refractivity contribution in [2.45, 2.75) is 0 Å². The lowest BCUT2D eigenvalue weighted by atomic mass is 10.4. The number of hydrogen-bond donors (Lipinski definition) is 2. The van der Waals surface area contributed by atoms with Crippen molar-refractivity contribution in [3.8, 4) is 11.6 Å². The van der Waals surface area contributed by atoms with E-state index in [4.69, 9.17) is 15.7 Å². The molecule has 0 bridgehead atoms. The smallest absolute Gasteiger partial charge is 0.237 e. The normalized spacial score (nSPS) is 11.3. The highest BCUT2D eigenvalue weighted by Gasteiger charge is 2.04. The van der Waals surface area contributed by atoms with Crippen LogP contribution in [-0.4, -0.2) is 26.0 Å². The van der Waals surface area contributed by atoms with Crippen molar-refractivity contribution in [1.82, 2.24) is 15.0 Å². The Morgan fingerprint density at radius 2 is 2.11 bits per heavy atom. The first-order valence-corrected chi connectivity index (χ1v) is 5.56. The van der Waals surface area contributed by atoms with Gasteiger partial charge in [0.2, 0.25) is 5.88 Å². The average Bonchev–Trinajstić information content (AvgIpc) is 2.39. The van der Waals surface area contributed by atoms with Gasteiger partial charge in [-0.2, -0.15) is 0 Å². The van der Waals surface area contributed by atoms with Crippen LogP contribution in [0.25, 0.3) is 0 Å². The highest BCUT2D eigenvalue weighted by molar-refractivity contribution is 9.10. The summed E-state index contributed by atoms with van der Waals surface area (Å²) in [6, 6.07) is 1.74. The zero-order valence-electron chi connectivity index (χ0n) is 8.99. The lowest BCUT2D eigenvalue weighted by Gasteiger charge is -2.04. The number of amidine groups is 1. The summed E-state index contributed by atoms with van der Waals surface area (Å²) in [5.74, 6) is 0.692. The summed E-state index contributed by atoms with van der Waals surface area (Å²) in [7, 11) is 0. The average molecular weight is 310 g/mol. The summed E-state index contributed by atoms with van der Waals surface area (Å²) in [5.41, 5.74) is 5.62. The van der Waals surface area contributed by atoms with Crippen molar-refractivity contribution < 1.29 is 9.94 Å². The molecule has 0 amide bonds. The molecule has 0 saturated carbocycles. The van der Waals surface area contributed by atoms with Crippen LogP contribution in [-0.2, 0) is 0 Å². The Balaban J connectivity index is 2.16. The largest absolute Gasteiger partial charge is 0.436 e. The van der Waals surface area contributed by atoms with E-state index >= 15 is 0 Å². The molecule has 0 saturated heterocycles. The molecular weight excluding hydrogens is 302 g/mol. The van der Waals surface area contributed by atoms with Gasteiger partial charge in [-0.05, 0) is 22.0 Å². The number of oxime groups is 1. The summed E-state index contributed by atoms with van der Waals surface area (Å²) >= 11 is 3.28. The molecule has 2 aromatic heterocycles. The molecule has 0 spiro atoms. The van der Waals surface area contributed by atoms with Gasteiger partial charge in [0.1, 0.15) is 11.4 Å². The van der Waals surface area contributed by atoms with E-state index in [9.17, 15) is 0 Å². The third kappa shape index (κ3) is 2.92. The fourth-order valence-electron chi connectivity index (χ4n) is 1.12. The highest BCUT2D eigenvalue weighted by atomic mass is 79.9. The number of aromatic nitrogens is 3. The Morgan fingerprint density at radius 3 is 2.72 bits per heavy atom. The first-order valence-electron chi connectivity index (χ1n) is 4.77. The Labute approximate surface area is 110 Å². The molecule has 0 aliphatic carbocycles. The summed E-state index contributed by atoms with van der Waals surface area (Å²) in [6.07, 6.45) is 5.90. The van der Waals surface area contributed by atoms with Gasteiger partial charge in [-0.25, -0.2) is 9.97 Å². The summed E-state index contributed by atoms with van der Waals surface area (Å²) in [6.45, 7) is 0. The van der Waals surface area contributed by atoms with E-state index in [0.717, 1.165) is 4.47 Å². The fraction of sp³-hybridized carbons (Fsp3) is 0. The number of rotatable bonds is 3. The van der Waals surface area contributed by atoms with Crippen molar-refractivity contribution in [3.05, 3.63) is 41.0 Å². The fourth-order valence-corrected chi connectivity index (χ4v) is 1.47. The molecule has 3 N–H and O–H groups in total. The summed E-state index contributed by atoms with van der Waals surface area (Å²) < 4.78 is 6.21. The highest BCUT2D eigenvalue weighted by Crippen LogP contribution is 2.20. The van der Waals surface area contributed by atoms with Crippen LogP contribution in [0.1, 0.15) is 5.69 Å². The van der Waals surface area contributed by atoms with Crippen molar-refractivity contribution in [2.24, 2.45) is 10.9 Å². The maximum Gasteiger partial charge on any atom is 0.237 e. The van der Waals surface area contributed by atoms with Crippen LogP contribution in [0.5, 0.6) is 11.6 Å². The second-order valence-electron chi connectivity index (χ2n) is 3.17. The van der Waals surface area contributed by atoms with Crippen LogP contribution in [0.4, 0.5) is 0 Å². The molecule has 0 aliphatic heterocycles. The Bertz CT molecular complexity index is 573. The Morgan fingerprint density at radius 1 is 1.28 bits per heavy atom. The molecule has 0 radical (unpaired) electrons. The lowest BCUT2D eigenvalue weighted by molar-refractivity contribution is 0.318. The SMILES string of the molecule is NC(=NO)c1cnc(Oc2cncc(Br)c2)cn1. The van der Waals surface area contributed by atoms with Crippen LogP contribution < -0.4 is 10.5 Å². The van der Waals surface area contributed by atoms with Crippen molar-refractivity contribution >= 4 is 21.8 Å². The molecule has 0 aromatic carbocycles. The molecule has 92 valence electrons. The zero-order chi connectivity index (χ0) is 13.0. The van der Waals surface area contributed by atoms with Gasteiger partial charge in [0.15, 0.2) is 5.84 Å². The van der Waals surface area contributed by atoms with Gasteiger partial charge in [0.05, 0.1) is 18.6 Å². The van der Waals surface area contributed by atoms with Gasteiger partial charge in [0, 0.05) is 10.7 Å². The second-order valence-corrected chi connectivity index (χ2v) is 4.08. The van der Waals surface area contributed by atoms with Crippen LogP contribution in [0.15, 0.2) is 40.5 Å². The predicted molar refractivity (Wildman–Crippen MR) is 66.6 cm³/mol. The quantitative estimate of drug-likeness (QED) is 0.385. The second kappa shape index (κ2) is 5.41. The third-order valence-electron chi connectivity index (χ3n) is 1.90. The molecule has 0 fully saturated rings. The molecule has 2 heterocycles. The number of ether oxygens (including phenoxy) is 1. The summed E-state index contributed by atoms with van der Waals surface area (Å²) in [5, 5.41) is 11.3. The van der Waals surface area contributed by atoms with E-state index in [1.54, 1.807) is 18.5 Å². The van der Waals surface area contributed by atoms with Crippen LogP contribution >= 0.6 is 15.9 Å². The minimum atomic E-state index is -0.113.